The Balaban J connectivity index is 1.64. The molecule has 3 aliphatic rings. The number of likely N-dealkylation sites (tertiary alicyclic amines) is 1. The molecule has 1 amide bonds. The minimum atomic E-state index is 0.0948. The summed E-state index contributed by atoms with van der Waals surface area (Å²) in [5.41, 5.74) is 0. The summed E-state index contributed by atoms with van der Waals surface area (Å²) in [6.07, 6.45) is 11.3. The fraction of sp³-hybridized carbons (Fsp3) is 0.941. The molecule has 2 heterocycles. The first-order valence-electron chi connectivity index (χ1n) is 8.75. The fourth-order valence-electron chi connectivity index (χ4n) is 4.73. The average Bonchev–Trinajstić information content (AvgIpc) is 2.46. The molecule has 1 N–H and O–H groups in total. The van der Waals surface area contributed by atoms with Crippen LogP contribution in [-0.2, 0) is 4.79 Å². The van der Waals surface area contributed by atoms with Gasteiger partial charge in [0.1, 0.15) is 0 Å². The highest BCUT2D eigenvalue weighted by Gasteiger charge is 2.38. The number of carbonyl (C=O) groups excluding carboxylic acids is 1. The Labute approximate surface area is 123 Å². The summed E-state index contributed by atoms with van der Waals surface area (Å²) in [5.74, 6) is 1.22. The van der Waals surface area contributed by atoms with E-state index in [1.54, 1.807) is 0 Å². The van der Waals surface area contributed by atoms with E-state index in [1.165, 1.54) is 51.4 Å². The van der Waals surface area contributed by atoms with Gasteiger partial charge in [0.05, 0.1) is 6.04 Å². The van der Waals surface area contributed by atoms with Gasteiger partial charge >= 0.3 is 0 Å². The van der Waals surface area contributed by atoms with E-state index >= 15 is 0 Å². The second-order valence-electron chi connectivity index (χ2n) is 7.32. The number of amides is 1. The van der Waals surface area contributed by atoms with Gasteiger partial charge in [-0.25, -0.2) is 0 Å². The third kappa shape index (κ3) is 2.74. The van der Waals surface area contributed by atoms with Crippen LogP contribution in [0.2, 0.25) is 0 Å². The molecule has 2 saturated heterocycles. The van der Waals surface area contributed by atoms with E-state index in [0.717, 1.165) is 12.3 Å². The van der Waals surface area contributed by atoms with Gasteiger partial charge in [-0.3, -0.25) is 4.79 Å². The van der Waals surface area contributed by atoms with Crippen molar-refractivity contribution in [1.82, 2.24) is 10.2 Å². The van der Waals surface area contributed by atoms with Gasteiger partial charge in [0, 0.05) is 18.1 Å². The van der Waals surface area contributed by atoms with Gasteiger partial charge in [-0.15, -0.1) is 0 Å². The number of carbonyl (C=O) groups is 1. The minimum absolute atomic E-state index is 0.0948. The second-order valence-corrected chi connectivity index (χ2v) is 7.32. The highest BCUT2D eigenvalue weighted by Crippen LogP contribution is 2.33. The normalized spacial score (nSPS) is 42.1. The van der Waals surface area contributed by atoms with Crippen molar-refractivity contribution in [2.45, 2.75) is 95.8 Å². The van der Waals surface area contributed by atoms with Crippen LogP contribution in [0.25, 0.3) is 0 Å². The molecule has 114 valence electrons. The molecule has 0 bridgehead atoms. The van der Waals surface area contributed by atoms with Crippen LogP contribution < -0.4 is 5.32 Å². The number of piperidine rings is 2. The molecule has 3 fully saturated rings. The summed E-state index contributed by atoms with van der Waals surface area (Å²) in [6, 6.07) is 1.56. The van der Waals surface area contributed by atoms with E-state index in [2.05, 4.69) is 24.1 Å². The lowest BCUT2D eigenvalue weighted by Crippen LogP contribution is -2.59. The first-order chi connectivity index (χ1) is 9.66. The number of rotatable bonds is 1. The van der Waals surface area contributed by atoms with Crippen LogP contribution in [0.15, 0.2) is 0 Å². The lowest BCUT2D eigenvalue weighted by atomic mass is 9.77. The Morgan fingerprint density at radius 3 is 2.35 bits per heavy atom. The van der Waals surface area contributed by atoms with Crippen molar-refractivity contribution in [3.63, 3.8) is 0 Å². The molecule has 0 aromatic rings. The molecule has 3 nitrogen and oxygen atoms in total. The summed E-state index contributed by atoms with van der Waals surface area (Å²) in [7, 11) is 0. The van der Waals surface area contributed by atoms with Crippen LogP contribution in [0, 0.1) is 5.92 Å². The smallest absolute Gasteiger partial charge is 0.240 e. The van der Waals surface area contributed by atoms with Crippen LogP contribution >= 0.6 is 0 Å². The number of hydrogen-bond acceptors (Lipinski definition) is 2. The molecule has 0 radical (unpaired) electrons. The van der Waals surface area contributed by atoms with Crippen molar-refractivity contribution in [3.8, 4) is 0 Å². The van der Waals surface area contributed by atoms with E-state index in [1.807, 2.05) is 0 Å². The van der Waals surface area contributed by atoms with Gasteiger partial charge in [0.25, 0.3) is 0 Å². The molecule has 3 rings (SSSR count). The Kier molecular flexibility index (Phi) is 4.34. The summed E-state index contributed by atoms with van der Waals surface area (Å²) < 4.78 is 0. The van der Waals surface area contributed by atoms with Gasteiger partial charge in [0.2, 0.25) is 5.91 Å². The molecule has 1 aliphatic carbocycles. The first-order valence-corrected chi connectivity index (χ1v) is 8.75. The number of nitrogens with zero attached hydrogens (tertiary/aromatic N) is 1. The summed E-state index contributed by atoms with van der Waals surface area (Å²) in [4.78, 5) is 15.1. The molecule has 0 spiro atoms. The molecule has 3 heteroatoms. The van der Waals surface area contributed by atoms with Crippen molar-refractivity contribution in [1.29, 1.82) is 0 Å². The summed E-state index contributed by atoms with van der Waals surface area (Å²) in [6.45, 7) is 4.44. The lowest BCUT2D eigenvalue weighted by molar-refractivity contribution is -0.141. The summed E-state index contributed by atoms with van der Waals surface area (Å²) >= 11 is 0. The maximum atomic E-state index is 12.9. The van der Waals surface area contributed by atoms with Crippen molar-refractivity contribution >= 4 is 5.91 Å². The molecule has 20 heavy (non-hydrogen) atoms. The third-order valence-corrected chi connectivity index (χ3v) is 5.90. The van der Waals surface area contributed by atoms with Gasteiger partial charge in [-0.05, 0) is 64.7 Å². The molecule has 5 unspecified atom stereocenters. The van der Waals surface area contributed by atoms with Crippen LogP contribution in [0.4, 0.5) is 0 Å². The third-order valence-electron chi connectivity index (χ3n) is 5.90. The van der Waals surface area contributed by atoms with E-state index in [4.69, 9.17) is 0 Å². The minimum Gasteiger partial charge on any atom is -0.336 e. The monoisotopic (exact) mass is 278 g/mol. The van der Waals surface area contributed by atoms with E-state index in [0.29, 0.717) is 24.0 Å². The molecule has 2 aliphatic heterocycles. The Hall–Kier alpha value is -0.570. The molecule has 5 atom stereocenters. The maximum absolute atomic E-state index is 12.9. The highest BCUT2D eigenvalue weighted by molar-refractivity contribution is 5.82. The van der Waals surface area contributed by atoms with Crippen LogP contribution in [-0.4, -0.2) is 35.0 Å². The maximum Gasteiger partial charge on any atom is 0.240 e. The summed E-state index contributed by atoms with van der Waals surface area (Å²) in [5, 5.41) is 3.70. The standard InChI is InChI=1S/C17H30N2O/c1-12-6-5-7-13(2)19(12)17(20)16-11-10-14-8-3-4-9-15(14)18-16/h12-16,18H,3-11H2,1-2H3. The predicted octanol–water partition coefficient (Wildman–Crippen LogP) is 3.09. The SMILES string of the molecule is CC1CCCC(C)N1C(=O)C1CCC2CCCCC2N1. The molecule has 0 aromatic carbocycles. The molecular formula is C17H30N2O. The second kappa shape index (κ2) is 6.05. The van der Waals surface area contributed by atoms with Crippen LogP contribution in [0.5, 0.6) is 0 Å². The van der Waals surface area contributed by atoms with Crippen molar-refractivity contribution < 1.29 is 4.79 Å². The Morgan fingerprint density at radius 2 is 1.60 bits per heavy atom. The van der Waals surface area contributed by atoms with Gasteiger partial charge in [-0.2, -0.15) is 0 Å². The topological polar surface area (TPSA) is 32.3 Å². The first kappa shape index (κ1) is 14.4. The Morgan fingerprint density at radius 1 is 0.900 bits per heavy atom. The Bertz CT molecular complexity index is 347. The number of fused-ring (bicyclic) bond motifs is 1. The highest BCUT2D eigenvalue weighted by atomic mass is 16.2. The van der Waals surface area contributed by atoms with E-state index in [-0.39, 0.29) is 6.04 Å². The average molecular weight is 278 g/mol. The van der Waals surface area contributed by atoms with Gasteiger partial charge < -0.3 is 10.2 Å². The molecule has 1 saturated carbocycles. The van der Waals surface area contributed by atoms with Gasteiger partial charge in [-0.1, -0.05) is 12.8 Å². The van der Waals surface area contributed by atoms with Crippen molar-refractivity contribution in [2.24, 2.45) is 5.92 Å². The van der Waals surface area contributed by atoms with Crippen LogP contribution in [0.3, 0.4) is 0 Å². The van der Waals surface area contributed by atoms with Crippen LogP contribution in [0.1, 0.15) is 71.6 Å². The molecular weight excluding hydrogens is 248 g/mol. The number of nitrogens with one attached hydrogen (secondary N) is 1. The molecule has 0 aromatic heterocycles. The zero-order valence-corrected chi connectivity index (χ0v) is 13.1. The number of hydrogen-bond donors (Lipinski definition) is 1. The zero-order valence-electron chi connectivity index (χ0n) is 13.1. The van der Waals surface area contributed by atoms with Crippen molar-refractivity contribution in [2.75, 3.05) is 0 Å². The van der Waals surface area contributed by atoms with Gasteiger partial charge in [0.15, 0.2) is 0 Å². The van der Waals surface area contributed by atoms with E-state index in [9.17, 15) is 4.79 Å². The lowest BCUT2D eigenvalue weighted by Gasteiger charge is -2.45. The quantitative estimate of drug-likeness (QED) is 0.799. The zero-order chi connectivity index (χ0) is 14.1. The predicted molar refractivity (Wildman–Crippen MR) is 81.5 cm³/mol. The van der Waals surface area contributed by atoms with Crippen molar-refractivity contribution in [3.05, 3.63) is 0 Å². The van der Waals surface area contributed by atoms with E-state index < -0.39 is 0 Å². The largest absolute Gasteiger partial charge is 0.336 e. The fourth-order valence-corrected chi connectivity index (χ4v) is 4.73.